The maximum atomic E-state index is 12.5. The van der Waals surface area contributed by atoms with E-state index < -0.39 is 15.8 Å². The molecular weight excluding hydrogens is 352 g/mol. The van der Waals surface area contributed by atoms with Crippen molar-refractivity contribution in [3.63, 3.8) is 0 Å². The number of piperazine rings is 1. The maximum absolute atomic E-state index is 12.5. The first-order valence-corrected chi connectivity index (χ1v) is 9.38. The Balaban J connectivity index is 0.00000288. The van der Waals surface area contributed by atoms with E-state index in [2.05, 4.69) is 5.32 Å². The Kier molecular flexibility index (Phi) is 7.51. The molecule has 0 aromatic heterocycles. The number of rotatable bonds is 5. The first kappa shape index (κ1) is 20.7. The van der Waals surface area contributed by atoms with Crippen LogP contribution in [-0.2, 0) is 14.6 Å². The number of benzene rings is 1. The molecule has 0 spiro atoms. The molecule has 1 aliphatic rings. The molecule has 2 rings (SSSR count). The number of hydrogen-bond donors (Lipinski definition) is 1. The Bertz CT molecular complexity index is 649. The van der Waals surface area contributed by atoms with Crippen molar-refractivity contribution in [3.05, 3.63) is 24.3 Å². The van der Waals surface area contributed by atoms with E-state index in [1.807, 2.05) is 6.92 Å². The lowest BCUT2D eigenvalue weighted by Gasteiger charge is -2.35. The molecule has 1 fully saturated rings. The summed E-state index contributed by atoms with van der Waals surface area (Å²) >= 11 is 0. The molecule has 1 aromatic carbocycles. The summed E-state index contributed by atoms with van der Waals surface area (Å²) < 4.78 is 30.0. The van der Waals surface area contributed by atoms with Gasteiger partial charge in [0.05, 0.1) is 17.8 Å². The van der Waals surface area contributed by atoms with Crippen molar-refractivity contribution >= 4 is 28.2 Å². The molecular formula is C16H25ClN2O4S. The maximum Gasteiger partial charge on any atom is 0.226 e. The van der Waals surface area contributed by atoms with Gasteiger partial charge in [0.15, 0.2) is 9.84 Å². The van der Waals surface area contributed by atoms with Crippen molar-refractivity contribution in [2.24, 2.45) is 5.92 Å². The van der Waals surface area contributed by atoms with Crippen molar-refractivity contribution in [1.29, 1.82) is 0 Å². The number of sulfone groups is 1. The molecule has 1 aromatic rings. The third-order valence-corrected chi connectivity index (χ3v) is 6.02. The van der Waals surface area contributed by atoms with Gasteiger partial charge >= 0.3 is 0 Å². The topological polar surface area (TPSA) is 75.7 Å². The zero-order valence-electron chi connectivity index (χ0n) is 14.2. The third kappa shape index (κ3) is 4.84. The zero-order chi connectivity index (χ0) is 17.0. The highest BCUT2D eigenvalue weighted by atomic mass is 35.5. The third-order valence-electron chi connectivity index (χ3n) is 4.09. The molecule has 1 heterocycles. The number of nitrogens with one attached hydrogen (secondary N) is 1. The van der Waals surface area contributed by atoms with Crippen molar-refractivity contribution < 1.29 is 17.9 Å². The normalized spacial score (nSPS) is 19.3. The minimum absolute atomic E-state index is 0. The number of hydrogen-bond acceptors (Lipinski definition) is 5. The highest BCUT2D eigenvalue weighted by molar-refractivity contribution is 7.91. The SMILES string of the molecule is COc1ccc(S(=O)(=O)CC(C)C(=O)N2CCNC[C@@H]2C)cc1.Cl. The van der Waals surface area contributed by atoms with Gasteiger partial charge in [-0.2, -0.15) is 0 Å². The van der Waals surface area contributed by atoms with Gasteiger partial charge in [0.1, 0.15) is 5.75 Å². The van der Waals surface area contributed by atoms with E-state index in [4.69, 9.17) is 4.74 Å². The molecule has 2 atom stereocenters. The molecule has 24 heavy (non-hydrogen) atoms. The highest BCUT2D eigenvalue weighted by Gasteiger charge is 2.30. The second-order valence-corrected chi connectivity index (χ2v) is 7.98. The van der Waals surface area contributed by atoms with E-state index in [1.54, 1.807) is 24.0 Å². The van der Waals surface area contributed by atoms with Gasteiger partial charge in [0.25, 0.3) is 0 Å². The van der Waals surface area contributed by atoms with E-state index in [1.165, 1.54) is 19.2 Å². The average molecular weight is 377 g/mol. The Labute approximate surface area is 149 Å². The fourth-order valence-electron chi connectivity index (χ4n) is 2.73. The van der Waals surface area contributed by atoms with Crippen LogP contribution in [0.15, 0.2) is 29.2 Å². The van der Waals surface area contributed by atoms with E-state index in [0.717, 1.165) is 13.1 Å². The Morgan fingerprint density at radius 2 is 2.00 bits per heavy atom. The standard InChI is InChI=1S/C16H24N2O4S.ClH/c1-12(16(19)18-9-8-17-10-13(18)2)11-23(20,21)15-6-4-14(22-3)5-7-15;/h4-7,12-13,17H,8-11H2,1-3H3;1H/t12?,13-;/m0./s1. The Morgan fingerprint density at radius 3 is 2.54 bits per heavy atom. The van der Waals surface area contributed by atoms with Crippen molar-refractivity contribution in [1.82, 2.24) is 10.2 Å². The van der Waals surface area contributed by atoms with Gasteiger partial charge < -0.3 is 15.0 Å². The number of ether oxygens (including phenoxy) is 1. The van der Waals surface area contributed by atoms with E-state index in [-0.39, 0.29) is 35.0 Å². The number of methoxy groups -OCH3 is 1. The monoisotopic (exact) mass is 376 g/mol. The molecule has 1 N–H and O–H groups in total. The molecule has 1 amide bonds. The van der Waals surface area contributed by atoms with Gasteiger partial charge in [-0.3, -0.25) is 4.79 Å². The Hall–Kier alpha value is -1.31. The minimum Gasteiger partial charge on any atom is -0.497 e. The van der Waals surface area contributed by atoms with Crippen LogP contribution in [0, 0.1) is 5.92 Å². The van der Waals surface area contributed by atoms with Crippen LogP contribution in [0.2, 0.25) is 0 Å². The first-order valence-electron chi connectivity index (χ1n) is 7.73. The lowest BCUT2D eigenvalue weighted by molar-refractivity contribution is -0.137. The van der Waals surface area contributed by atoms with Crippen LogP contribution in [0.25, 0.3) is 0 Å². The Morgan fingerprint density at radius 1 is 1.38 bits per heavy atom. The van der Waals surface area contributed by atoms with E-state index in [0.29, 0.717) is 12.3 Å². The highest BCUT2D eigenvalue weighted by Crippen LogP contribution is 2.20. The van der Waals surface area contributed by atoms with Gasteiger partial charge in [-0.1, -0.05) is 6.92 Å². The molecule has 0 bridgehead atoms. The predicted molar refractivity (Wildman–Crippen MR) is 95.5 cm³/mol. The van der Waals surface area contributed by atoms with Crippen LogP contribution in [0.4, 0.5) is 0 Å². The van der Waals surface area contributed by atoms with E-state index in [9.17, 15) is 13.2 Å². The summed E-state index contributed by atoms with van der Waals surface area (Å²) in [6.45, 7) is 5.75. The van der Waals surface area contributed by atoms with Gasteiger partial charge in [0, 0.05) is 31.6 Å². The quantitative estimate of drug-likeness (QED) is 0.839. The van der Waals surface area contributed by atoms with Gasteiger partial charge in [-0.05, 0) is 31.2 Å². The predicted octanol–water partition coefficient (Wildman–Crippen LogP) is 1.35. The smallest absolute Gasteiger partial charge is 0.226 e. The largest absolute Gasteiger partial charge is 0.497 e. The van der Waals surface area contributed by atoms with E-state index >= 15 is 0 Å². The molecule has 1 saturated heterocycles. The summed E-state index contributed by atoms with van der Waals surface area (Å²) in [7, 11) is -1.98. The molecule has 6 nitrogen and oxygen atoms in total. The lowest BCUT2D eigenvalue weighted by Crippen LogP contribution is -2.54. The summed E-state index contributed by atoms with van der Waals surface area (Å²) in [6, 6.07) is 6.33. The molecule has 136 valence electrons. The van der Waals surface area contributed by atoms with Crippen LogP contribution in [0.1, 0.15) is 13.8 Å². The fourth-order valence-corrected chi connectivity index (χ4v) is 4.28. The zero-order valence-corrected chi connectivity index (χ0v) is 15.8. The lowest BCUT2D eigenvalue weighted by atomic mass is 10.1. The summed E-state index contributed by atoms with van der Waals surface area (Å²) in [5.41, 5.74) is 0. The molecule has 8 heteroatoms. The van der Waals surface area contributed by atoms with Crippen molar-refractivity contribution in [2.45, 2.75) is 24.8 Å². The average Bonchev–Trinajstić information content (AvgIpc) is 2.54. The fraction of sp³-hybridized carbons (Fsp3) is 0.562. The second kappa shape index (κ2) is 8.69. The number of carbonyl (C=O) groups excluding carboxylic acids is 1. The number of carbonyl (C=O) groups is 1. The van der Waals surface area contributed by atoms with Crippen molar-refractivity contribution in [2.75, 3.05) is 32.5 Å². The first-order chi connectivity index (χ1) is 10.8. The molecule has 1 unspecified atom stereocenters. The summed E-state index contributed by atoms with van der Waals surface area (Å²) in [5, 5.41) is 3.22. The number of nitrogens with zero attached hydrogens (tertiary/aromatic N) is 1. The summed E-state index contributed by atoms with van der Waals surface area (Å²) in [4.78, 5) is 14.5. The van der Waals surface area contributed by atoms with Crippen LogP contribution < -0.4 is 10.1 Å². The van der Waals surface area contributed by atoms with Crippen molar-refractivity contribution in [3.8, 4) is 5.75 Å². The summed E-state index contributed by atoms with van der Waals surface area (Å²) in [5.74, 6) is -0.254. The van der Waals surface area contributed by atoms with Gasteiger partial charge in [-0.25, -0.2) is 8.42 Å². The van der Waals surface area contributed by atoms with Crippen LogP contribution >= 0.6 is 12.4 Å². The molecule has 0 radical (unpaired) electrons. The van der Waals surface area contributed by atoms with Gasteiger partial charge in [-0.15, -0.1) is 12.4 Å². The minimum atomic E-state index is -3.50. The van der Waals surface area contributed by atoms with Crippen LogP contribution in [-0.4, -0.2) is 57.8 Å². The molecule has 0 aliphatic carbocycles. The van der Waals surface area contributed by atoms with Gasteiger partial charge in [0.2, 0.25) is 5.91 Å². The van der Waals surface area contributed by atoms with Crippen LogP contribution in [0.5, 0.6) is 5.75 Å². The second-order valence-electron chi connectivity index (χ2n) is 5.94. The number of halogens is 1. The molecule has 1 aliphatic heterocycles. The molecule has 0 saturated carbocycles. The number of amides is 1. The summed E-state index contributed by atoms with van der Waals surface area (Å²) in [6.07, 6.45) is 0. The van der Waals surface area contributed by atoms with Crippen LogP contribution in [0.3, 0.4) is 0 Å².